The molecule has 1 aromatic heterocycles. The molecule has 0 saturated heterocycles. The van der Waals surface area contributed by atoms with Crippen LogP contribution in [-0.2, 0) is 4.84 Å². The van der Waals surface area contributed by atoms with Gasteiger partial charge in [-0.1, -0.05) is 23.4 Å². The van der Waals surface area contributed by atoms with E-state index < -0.39 is 0 Å². The lowest BCUT2D eigenvalue weighted by Crippen LogP contribution is -1.91. The molecule has 0 amide bonds. The number of rotatable bonds is 2. The van der Waals surface area contributed by atoms with E-state index in [0.29, 0.717) is 0 Å². The van der Waals surface area contributed by atoms with E-state index >= 15 is 0 Å². The third-order valence-electron chi connectivity index (χ3n) is 2.01. The molecule has 0 fully saturated rings. The van der Waals surface area contributed by atoms with Crippen LogP contribution in [0.15, 0.2) is 39.9 Å². The summed E-state index contributed by atoms with van der Waals surface area (Å²) < 4.78 is 5.57. The standard InChI is InChI=1S/C11H11NO2/c1-8(12-13-2)11-7-9-5-3-4-6-10(9)14-11/h3-7H,1-2H3. The van der Waals surface area contributed by atoms with Crippen molar-refractivity contribution in [1.29, 1.82) is 0 Å². The lowest BCUT2D eigenvalue weighted by atomic mass is 10.2. The van der Waals surface area contributed by atoms with Crippen LogP contribution < -0.4 is 0 Å². The summed E-state index contributed by atoms with van der Waals surface area (Å²) in [5.41, 5.74) is 1.61. The number of fused-ring (bicyclic) bond motifs is 1. The van der Waals surface area contributed by atoms with E-state index in [2.05, 4.69) is 9.99 Å². The molecule has 14 heavy (non-hydrogen) atoms. The SMILES string of the molecule is CON=C(C)c1cc2ccccc2o1. The maximum absolute atomic E-state index is 5.57. The van der Waals surface area contributed by atoms with Crippen molar-refractivity contribution < 1.29 is 9.25 Å². The molecule has 0 saturated carbocycles. The molecule has 0 aliphatic rings. The van der Waals surface area contributed by atoms with Crippen molar-refractivity contribution in [1.82, 2.24) is 0 Å². The Bertz CT molecular complexity index is 438. The van der Waals surface area contributed by atoms with Crippen molar-refractivity contribution in [2.45, 2.75) is 6.92 Å². The summed E-state index contributed by atoms with van der Waals surface area (Å²) >= 11 is 0. The van der Waals surface area contributed by atoms with Gasteiger partial charge in [0.25, 0.3) is 0 Å². The van der Waals surface area contributed by atoms with Gasteiger partial charge in [0.1, 0.15) is 18.4 Å². The Balaban J connectivity index is 2.50. The molecular weight excluding hydrogens is 178 g/mol. The fourth-order valence-corrected chi connectivity index (χ4v) is 1.34. The van der Waals surface area contributed by atoms with E-state index in [1.54, 1.807) is 0 Å². The van der Waals surface area contributed by atoms with Crippen LogP contribution in [0.2, 0.25) is 0 Å². The second-order valence-corrected chi connectivity index (χ2v) is 3.01. The summed E-state index contributed by atoms with van der Waals surface area (Å²) in [5.74, 6) is 0.744. The van der Waals surface area contributed by atoms with Gasteiger partial charge in [0.2, 0.25) is 0 Å². The Kier molecular flexibility index (Phi) is 2.23. The maximum atomic E-state index is 5.57. The predicted molar refractivity (Wildman–Crippen MR) is 55.4 cm³/mol. The van der Waals surface area contributed by atoms with Crippen LogP contribution in [0.4, 0.5) is 0 Å². The quantitative estimate of drug-likeness (QED) is 0.537. The van der Waals surface area contributed by atoms with Crippen molar-refractivity contribution in [2.24, 2.45) is 5.16 Å². The van der Waals surface area contributed by atoms with E-state index in [-0.39, 0.29) is 0 Å². The molecule has 0 radical (unpaired) electrons. The molecule has 3 heteroatoms. The molecule has 1 heterocycles. The molecule has 0 N–H and O–H groups in total. The Labute approximate surface area is 82.0 Å². The van der Waals surface area contributed by atoms with Gasteiger partial charge in [-0.3, -0.25) is 0 Å². The zero-order valence-corrected chi connectivity index (χ0v) is 8.15. The van der Waals surface area contributed by atoms with Crippen LogP contribution in [-0.4, -0.2) is 12.8 Å². The Morgan fingerprint density at radius 2 is 2.14 bits per heavy atom. The summed E-state index contributed by atoms with van der Waals surface area (Å²) in [4.78, 5) is 4.68. The first kappa shape index (κ1) is 8.81. The predicted octanol–water partition coefficient (Wildman–Crippen LogP) is 2.80. The molecule has 0 atom stereocenters. The fourth-order valence-electron chi connectivity index (χ4n) is 1.34. The van der Waals surface area contributed by atoms with Crippen molar-refractivity contribution in [3.8, 4) is 0 Å². The number of benzene rings is 1. The molecule has 1 aromatic carbocycles. The minimum Gasteiger partial charge on any atom is -0.455 e. The van der Waals surface area contributed by atoms with Gasteiger partial charge in [-0.25, -0.2) is 0 Å². The van der Waals surface area contributed by atoms with Gasteiger partial charge in [0.15, 0.2) is 5.76 Å². The van der Waals surface area contributed by atoms with Gasteiger partial charge >= 0.3 is 0 Å². The zero-order chi connectivity index (χ0) is 9.97. The zero-order valence-electron chi connectivity index (χ0n) is 8.15. The first-order valence-corrected chi connectivity index (χ1v) is 4.38. The molecule has 0 aliphatic heterocycles. The fraction of sp³-hybridized carbons (Fsp3) is 0.182. The Morgan fingerprint density at radius 1 is 1.36 bits per heavy atom. The maximum Gasteiger partial charge on any atom is 0.152 e. The lowest BCUT2D eigenvalue weighted by Gasteiger charge is -1.92. The van der Waals surface area contributed by atoms with Gasteiger partial charge in [0, 0.05) is 5.39 Å². The molecule has 2 aromatic rings. The highest BCUT2D eigenvalue weighted by Gasteiger charge is 2.05. The average molecular weight is 189 g/mol. The molecular formula is C11H11NO2. The van der Waals surface area contributed by atoms with E-state index in [9.17, 15) is 0 Å². The molecule has 2 rings (SSSR count). The first-order chi connectivity index (χ1) is 6.81. The van der Waals surface area contributed by atoms with Gasteiger partial charge < -0.3 is 9.25 Å². The monoisotopic (exact) mass is 189 g/mol. The van der Waals surface area contributed by atoms with Crippen LogP contribution in [0.5, 0.6) is 0 Å². The summed E-state index contributed by atoms with van der Waals surface area (Å²) in [6, 6.07) is 9.80. The third-order valence-corrected chi connectivity index (χ3v) is 2.01. The van der Waals surface area contributed by atoms with Gasteiger partial charge in [-0.2, -0.15) is 0 Å². The number of furan rings is 1. The van der Waals surface area contributed by atoms with Crippen molar-refractivity contribution in [2.75, 3.05) is 7.11 Å². The second kappa shape index (κ2) is 3.54. The van der Waals surface area contributed by atoms with Gasteiger partial charge in [-0.05, 0) is 19.1 Å². The topological polar surface area (TPSA) is 34.7 Å². The van der Waals surface area contributed by atoms with E-state index in [1.165, 1.54) is 7.11 Å². The average Bonchev–Trinajstić information content (AvgIpc) is 2.61. The van der Waals surface area contributed by atoms with Crippen LogP contribution in [0.3, 0.4) is 0 Å². The third kappa shape index (κ3) is 1.48. The van der Waals surface area contributed by atoms with E-state index in [0.717, 1.165) is 22.4 Å². The highest BCUT2D eigenvalue weighted by molar-refractivity contribution is 5.99. The minimum atomic E-state index is 0.740. The minimum absolute atomic E-state index is 0.740. The van der Waals surface area contributed by atoms with Crippen LogP contribution >= 0.6 is 0 Å². The van der Waals surface area contributed by atoms with Gasteiger partial charge in [-0.15, -0.1) is 0 Å². The van der Waals surface area contributed by atoms with Crippen LogP contribution in [0.1, 0.15) is 12.7 Å². The smallest absolute Gasteiger partial charge is 0.152 e. The van der Waals surface area contributed by atoms with Crippen LogP contribution in [0, 0.1) is 0 Å². The Morgan fingerprint density at radius 3 is 2.86 bits per heavy atom. The summed E-state index contributed by atoms with van der Waals surface area (Å²) in [6.45, 7) is 1.85. The molecule has 0 unspecified atom stereocenters. The normalized spacial score (nSPS) is 12.0. The molecule has 72 valence electrons. The highest BCUT2D eigenvalue weighted by atomic mass is 16.6. The molecule has 0 aliphatic carbocycles. The summed E-state index contributed by atoms with van der Waals surface area (Å²) in [5, 5.41) is 4.89. The van der Waals surface area contributed by atoms with Crippen molar-refractivity contribution >= 4 is 16.7 Å². The van der Waals surface area contributed by atoms with E-state index in [4.69, 9.17) is 4.42 Å². The summed E-state index contributed by atoms with van der Waals surface area (Å²) in [7, 11) is 1.52. The second-order valence-electron chi connectivity index (χ2n) is 3.01. The molecule has 0 bridgehead atoms. The number of nitrogens with zero attached hydrogens (tertiary/aromatic N) is 1. The highest BCUT2D eigenvalue weighted by Crippen LogP contribution is 2.19. The largest absolute Gasteiger partial charge is 0.455 e. The van der Waals surface area contributed by atoms with Crippen molar-refractivity contribution in [3.05, 3.63) is 36.1 Å². The number of hydrogen-bond donors (Lipinski definition) is 0. The number of hydrogen-bond acceptors (Lipinski definition) is 3. The van der Waals surface area contributed by atoms with Crippen LogP contribution in [0.25, 0.3) is 11.0 Å². The Hall–Kier alpha value is -1.77. The van der Waals surface area contributed by atoms with E-state index in [1.807, 2.05) is 37.3 Å². The number of oxime groups is 1. The molecule has 0 spiro atoms. The summed E-state index contributed by atoms with van der Waals surface area (Å²) in [6.07, 6.45) is 0. The lowest BCUT2D eigenvalue weighted by molar-refractivity contribution is 0.213. The number of para-hydroxylation sites is 1. The first-order valence-electron chi connectivity index (χ1n) is 4.38. The molecule has 3 nitrogen and oxygen atoms in total. The van der Waals surface area contributed by atoms with Crippen molar-refractivity contribution in [3.63, 3.8) is 0 Å². The van der Waals surface area contributed by atoms with Gasteiger partial charge in [0.05, 0.1) is 0 Å².